The zero-order chi connectivity index (χ0) is 13.7. The average Bonchev–Trinajstić information content (AvgIpc) is 2.89. The second-order valence-corrected chi connectivity index (χ2v) is 5.32. The van der Waals surface area contributed by atoms with Crippen LogP contribution < -0.4 is 11.1 Å². The lowest BCUT2D eigenvalue weighted by Gasteiger charge is -2.15. The first-order chi connectivity index (χ1) is 9.16. The van der Waals surface area contributed by atoms with Crippen molar-refractivity contribution in [3.63, 3.8) is 0 Å². The highest BCUT2D eigenvalue weighted by Crippen LogP contribution is 2.17. The first-order valence-corrected chi connectivity index (χ1v) is 7.13. The lowest BCUT2D eigenvalue weighted by atomic mass is 10.1. The Bertz CT molecular complexity index is 444. The molecule has 1 fully saturated rings. The standard InChI is InChI=1S/C14H20FN3S/c15-11-4-5-13(12(10-11)14(16)19)17-6-3-9-18-7-1-2-8-18/h4-5,10,17H,1-3,6-9H2,(H2,16,19). The fourth-order valence-electron chi connectivity index (χ4n) is 2.41. The SMILES string of the molecule is NC(=S)c1cc(F)ccc1NCCCN1CCCC1. The maximum absolute atomic E-state index is 13.2. The van der Waals surface area contributed by atoms with E-state index in [2.05, 4.69) is 10.2 Å². The van der Waals surface area contributed by atoms with Crippen LogP contribution in [0.3, 0.4) is 0 Å². The highest BCUT2D eigenvalue weighted by Gasteiger charge is 2.10. The molecule has 2 rings (SSSR count). The highest BCUT2D eigenvalue weighted by molar-refractivity contribution is 7.80. The largest absolute Gasteiger partial charge is 0.389 e. The summed E-state index contributed by atoms with van der Waals surface area (Å²) in [6.07, 6.45) is 3.70. The van der Waals surface area contributed by atoms with Gasteiger partial charge in [0.15, 0.2) is 0 Å². The van der Waals surface area contributed by atoms with E-state index >= 15 is 0 Å². The van der Waals surface area contributed by atoms with E-state index in [4.69, 9.17) is 18.0 Å². The number of anilines is 1. The lowest BCUT2D eigenvalue weighted by Crippen LogP contribution is -2.22. The zero-order valence-electron chi connectivity index (χ0n) is 11.0. The average molecular weight is 281 g/mol. The van der Waals surface area contributed by atoms with Gasteiger partial charge in [-0.3, -0.25) is 0 Å². The van der Waals surface area contributed by atoms with Crippen LogP contribution in [0.1, 0.15) is 24.8 Å². The molecule has 0 amide bonds. The van der Waals surface area contributed by atoms with Crippen LogP contribution in [0, 0.1) is 5.82 Å². The Morgan fingerprint density at radius 2 is 2.11 bits per heavy atom. The van der Waals surface area contributed by atoms with Gasteiger partial charge in [0.05, 0.1) is 0 Å². The van der Waals surface area contributed by atoms with E-state index in [1.54, 1.807) is 6.07 Å². The van der Waals surface area contributed by atoms with E-state index in [0.717, 1.165) is 25.2 Å². The first kappa shape index (κ1) is 14.2. The molecule has 0 unspecified atom stereocenters. The van der Waals surface area contributed by atoms with Gasteiger partial charge in [0.2, 0.25) is 0 Å². The first-order valence-electron chi connectivity index (χ1n) is 6.72. The molecule has 0 atom stereocenters. The third-order valence-electron chi connectivity index (χ3n) is 3.41. The monoisotopic (exact) mass is 281 g/mol. The molecule has 1 aliphatic heterocycles. The number of rotatable bonds is 6. The molecule has 1 aromatic carbocycles. The molecular weight excluding hydrogens is 261 g/mol. The topological polar surface area (TPSA) is 41.3 Å². The van der Waals surface area contributed by atoms with E-state index in [0.29, 0.717) is 5.56 Å². The Morgan fingerprint density at radius 1 is 1.37 bits per heavy atom. The number of hydrogen-bond donors (Lipinski definition) is 2. The van der Waals surface area contributed by atoms with Crippen LogP contribution in [0.25, 0.3) is 0 Å². The maximum atomic E-state index is 13.2. The Morgan fingerprint density at radius 3 is 2.79 bits per heavy atom. The van der Waals surface area contributed by atoms with Gasteiger partial charge in [0, 0.05) is 17.8 Å². The van der Waals surface area contributed by atoms with Crippen LogP contribution in [-0.2, 0) is 0 Å². The van der Waals surface area contributed by atoms with Crippen molar-refractivity contribution >= 4 is 22.9 Å². The van der Waals surface area contributed by atoms with Crippen molar-refractivity contribution < 1.29 is 4.39 Å². The Balaban J connectivity index is 1.83. The van der Waals surface area contributed by atoms with Gasteiger partial charge in [-0.15, -0.1) is 0 Å². The van der Waals surface area contributed by atoms with Crippen molar-refractivity contribution in [2.75, 3.05) is 31.5 Å². The summed E-state index contributed by atoms with van der Waals surface area (Å²) in [7, 11) is 0. The molecule has 0 spiro atoms. The summed E-state index contributed by atoms with van der Waals surface area (Å²) in [6, 6.07) is 4.50. The zero-order valence-corrected chi connectivity index (χ0v) is 11.8. The summed E-state index contributed by atoms with van der Waals surface area (Å²) in [5, 5.41) is 3.28. The Labute approximate surface area is 119 Å². The van der Waals surface area contributed by atoms with Crippen molar-refractivity contribution in [3.8, 4) is 0 Å². The normalized spacial score (nSPS) is 15.6. The third kappa shape index (κ3) is 4.14. The minimum Gasteiger partial charge on any atom is -0.389 e. The van der Waals surface area contributed by atoms with Gasteiger partial charge >= 0.3 is 0 Å². The van der Waals surface area contributed by atoms with Crippen molar-refractivity contribution in [2.24, 2.45) is 5.73 Å². The number of halogens is 1. The molecule has 0 radical (unpaired) electrons. The van der Waals surface area contributed by atoms with E-state index < -0.39 is 0 Å². The maximum Gasteiger partial charge on any atom is 0.124 e. The van der Waals surface area contributed by atoms with Crippen molar-refractivity contribution in [2.45, 2.75) is 19.3 Å². The molecule has 0 saturated carbocycles. The fraction of sp³-hybridized carbons (Fsp3) is 0.500. The number of hydrogen-bond acceptors (Lipinski definition) is 3. The minimum atomic E-state index is -0.314. The van der Waals surface area contributed by atoms with Gasteiger partial charge in [-0.05, 0) is 57.1 Å². The van der Waals surface area contributed by atoms with Gasteiger partial charge in [0.1, 0.15) is 10.8 Å². The van der Waals surface area contributed by atoms with Crippen LogP contribution in [0.4, 0.5) is 10.1 Å². The Kier molecular flexibility index (Phi) is 5.10. The van der Waals surface area contributed by atoms with Crippen LogP contribution in [0.2, 0.25) is 0 Å². The predicted octanol–water partition coefficient (Wildman–Crippen LogP) is 2.36. The number of benzene rings is 1. The minimum absolute atomic E-state index is 0.224. The van der Waals surface area contributed by atoms with Crippen LogP contribution in [0.5, 0.6) is 0 Å². The third-order valence-corrected chi connectivity index (χ3v) is 3.63. The van der Waals surface area contributed by atoms with Crippen LogP contribution in [-0.4, -0.2) is 36.1 Å². The Hall–Kier alpha value is -1.20. The van der Waals surface area contributed by atoms with E-state index in [1.807, 2.05) is 0 Å². The van der Waals surface area contributed by atoms with Crippen LogP contribution >= 0.6 is 12.2 Å². The molecule has 5 heteroatoms. The fourth-order valence-corrected chi connectivity index (χ4v) is 2.58. The molecule has 3 N–H and O–H groups in total. The van der Waals surface area contributed by atoms with Gasteiger partial charge in [-0.2, -0.15) is 0 Å². The number of likely N-dealkylation sites (tertiary alicyclic amines) is 1. The summed E-state index contributed by atoms with van der Waals surface area (Å²) < 4.78 is 13.2. The lowest BCUT2D eigenvalue weighted by molar-refractivity contribution is 0.337. The number of thiocarbonyl (C=S) groups is 1. The number of nitrogens with one attached hydrogen (secondary N) is 1. The summed E-state index contributed by atoms with van der Waals surface area (Å²) in [6.45, 7) is 4.39. The molecule has 0 bridgehead atoms. The molecule has 1 aliphatic rings. The summed E-state index contributed by atoms with van der Waals surface area (Å²) in [4.78, 5) is 2.70. The molecular formula is C14H20FN3S. The van der Waals surface area contributed by atoms with E-state index in [-0.39, 0.29) is 10.8 Å². The van der Waals surface area contributed by atoms with Crippen molar-refractivity contribution in [3.05, 3.63) is 29.6 Å². The van der Waals surface area contributed by atoms with E-state index in [1.165, 1.54) is 38.1 Å². The smallest absolute Gasteiger partial charge is 0.124 e. The van der Waals surface area contributed by atoms with E-state index in [9.17, 15) is 4.39 Å². The molecule has 0 aliphatic carbocycles. The molecule has 1 heterocycles. The molecule has 0 aromatic heterocycles. The second-order valence-electron chi connectivity index (χ2n) is 4.88. The van der Waals surface area contributed by atoms with Gasteiger partial charge in [0.25, 0.3) is 0 Å². The molecule has 1 aromatic rings. The van der Waals surface area contributed by atoms with Crippen molar-refractivity contribution in [1.82, 2.24) is 4.90 Å². The molecule has 3 nitrogen and oxygen atoms in total. The van der Waals surface area contributed by atoms with Crippen molar-refractivity contribution in [1.29, 1.82) is 0 Å². The second kappa shape index (κ2) is 6.82. The predicted molar refractivity (Wildman–Crippen MR) is 81.1 cm³/mol. The molecule has 104 valence electrons. The van der Waals surface area contributed by atoms with Gasteiger partial charge in [-0.25, -0.2) is 4.39 Å². The summed E-state index contributed by atoms with van der Waals surface area (Å²) in [5.41, 5.74) is 7.00. The van der Waals surface area contributed by atoms with Crippen LogP contribution in [0.15, 0.2) is 18.2 Å². The molecule has 19 heavy (non-hydrogen) atoms. The number of nitrogens with two attached hydrogens (primary N) is 1. The summed E-state index contributed by atoms with van der Waals surface area (Å²) in [5.74, 6) is -0.314. The summed E-state index contributed by atoms with van der Waals surface area (Å²) >= 11 is 4.94. The number of nitrogens with zero attached hydrogens (tertiary/aromatic N) is 1. The van der Waals surface area contributed by atoms with Gasteiger partial charge < -0.3 is 16.0 Å². The molecule has 1 saturated heterocycles. The quantitative estimate of drug-likeness (QED) is 0.620. The highest BCUT2D eigenvalue weighted by atomic mass is 32.1. The van der Waals surface area contributed by atoms with Gasteiger partial charge in [-0.1, -0.05) is 12.2 Å².